The molecule has 1 amide bonds. The number of benzene rings is 3. The number of hydrogen-bond donors (Lipinski definition) is 0. The molecule has 0 radical (unpaired) electrons. The third-order valence-electron chi connectivity index (χ3n) is 4.55. The maximum Gasteiger partial charge on any atom is 0.288 e. The second-order valence-corrected chi connectivity index (χ2v) is 8.73. The number of anilines is 2. The summed E-state index contributed by atoms with van der Waals surface area (Å²) in [6.45, 7) is 0. The summed E-state index contributed by atoms with van der Waals surface area (Å²) in [5.74, 6) is -3.04. The van der Waals surface area contributed by atoms with Gasteiger partial charge >= 0.3 is 0 Å². The molecule has 0 aliphatic heterocycles. The Balaban J connectivity index is 1.72. The Labute approximate surface area is 195 Å². The Morgan fingerprint density at radius 3 is 2.45 bits per heavy atom. The van der Waals surface area contributed by atoms with Crippen LogP contribution >= 0.6 is 23.1 Å². The van der Waals surface area contributed by atoms with Gasteiger partial charge in [-0.15, -0.1) is 0 Å². The number of alkyl halides is 2. The van der Waals surface area contributed by atoms with Gasteiger partial charge in [0.1, 0.15) is 0 Å². The molecule has 4 rings (SSSR count). The highest BCUT2D eigenvalue weighted by Gasteiger charge is 2.21. The molecule has 0 aliphatic rings. The van der Waals surface area contributed by atoms with Gasteiger partial charge in [0.15, 0.2) is 5.13 Å². The van der Waals surface area contributed by atoms with Crippen LogP contribution in [0.15, 0.2) is 83.8 Å². The predicted molar refractivity (Wildman–Crippen MR) is 127 cm³/mol. The second-order valence-electron chi connectivity index (χ2n) is 6.66. The summed E-state index contributed by atoms with van der Waals surface area (Å²) in [5.41, 5.74) is 1.30. The first-order chi connectivity index (χ1) is 15.9. The lowest BCUT2D eigenvalue weighted by Gasteiger charge is -2.18. The number of halogens is 2. The van der Waals surface area contributed by atoms with Crippen molar-refractivity contribution in [2.75, 3.05) is 4.90 Å². The zero-order valence-corrected chi connectivity index (χ0v) is 18.4. The van der Waals surface area contributed by atoms with Gasteiger partial charge in [0, 0.05) is 17.0 Å². The molecule has 0 fully saturated rings. The van der Waals surface area contributed by atoms with Crippen molar-refractivity contribution in [2.24, 2.45) is 0 Å². The molecule has 0 bridgehead atoms. The van der Waals surface area contributed by atoms with Gasteiger partial charge in [-0.05, 0) is 48.5 Å². The van der Waals surface area contributed by atoms with Crippen molar-refractivity contribution in [3.05, 3.63) is 94.6 Å². The lowest BCUT2D eigenvalue weighted by atomic mass is 10.1. The van der Waals surface area contributed by atoms with Gasteiger partial charge in [0.05, 0.1) is 26.4 Å². The number of carbonyl (C=O) groups is 1. The molecule has 3 aromatic carbocycles. The summed E-state index contributed by atoms with van der Waals surface area (Å²) in [7, 11) is 0. The molecule has 6 nitrogen and oxygen atoms in total. The molecule has 0 saturated heterocycles. The summed E-state index contributed by atoms with van der Waals surface area (Å²) >= 11 is 1.71. The zero-order chi connectivity index (χ0) is 23.4. The van der Waals surface area contributed by atoms with Gasteiger partial charge in [-0.2, -0.15) is 8.78 Å². The zero-order valence-electron chi connectivity index (χ0n) is 16.8. The van der Waals surface area contributed by atoms with Crippen molar-refractivity contribution in [1.29, 1.82) is 0 Å². The van der Waals surface area contributed by atoms with Crippen LogP contribution in [0, 0.1) is 10.1 Å². The fourth-order valence-electron chi connectivity index (χ4n) is 3.09. The van der Waals surface area contributed by atoms with E-state index in [1.807, 2.05) is 24.3 Å². The monoisotopic (exact) mass is 483 g/mol. The first-order valence-corrected chi connectivity index (χ1v) is 11.3. The molecule has 33 heavy (non-hydrogen) atoms. The molecule has 10 heteroatoms. The van der Waals surface area contributed by atoms with Gasteiger partial charge in [0.25, 0.3) is 17.4 Å². The number of hydrogen-bond acceptors (Lipinski definition) is 6. The van der Waals surface area contributed by atoms with Crippen LogP contribution in [0.2, 0.25) is 0 Å². The van der Waals surface area contributed by atoms with E-state index in [0.717, 1.165) is 4.70 Å². The molecule has 166 valence electrons. The van der Waals surface area contributed by atoms with Crippen LogP contribution in [0.25, 0.3) is 16.3 Å². The van der Waals surface area contributed by atoms with Crippen LogP contribution in [-0.2, 0) is 4.79 Å². The van der Waals surface area contributed by atoms with Crippen LogP contribution in [0.5, 0.6) is 0 Å². The molecule has 1 heterocycles. The number of nitro benzene ring substituents is 1. The molecule has 1 aromatic heterocycles. The Hall–Kier alpha value is -3.63. The highest BCUT2D eigenvalue weighted by molar-refractivity contribution is 7.99. The van der Waals surface area contributed by atoms with Gasteiger partial charge in [-0.3, -0.25) is 19.8 Å². The number of carbonyl (C=O) groups excluding carboxylic acids is 1. The fourth-order valence-corrected chi connectivity index (χ4v) is 4.59. The van der Waals surface area contributed by atoms with Crippen LogP contribution in [0.1, 0.15) is 5.56 Å². The molecular formula is C23H15F2N3O3S2. The number of aromatic nitrogens is 1. The van der Waals surface area contributed by atoms with Gasteiger partial charge in [0.2, 0.25) is 0 Å². The van der Waals surface area contributed by atoms with Crippen LogP contribution < -0.4 is 4.90 Å². The maximum atomic E-state index is 13.2. The minimum Gasteiger partial charge on any atom is -0.269 e. The first-order valence-electron chi connectivity index (χ1n) is 9.58. The van der Waals surface area contributed by atoms with Crippen LogP contribution in [0.3, 0.4) is 0 Å². The third-order valence-corrected chi connectivity index (χ3v) is 6.30. The van der Waals surface area contributed by atoms with Gasteiger partial charge in [-0.25, -0.2) is 4.98 Å². The van der Waals surface area contributed by atoms with Crippen LogP contribution in [-0.4, -0.2) is 21.6 Å². The van der Waals surface area contributed by atoms with E-state index in [9.17, 15) is 23.7 Å². The molecule has 0 N–H and O–H groups in total. The lowest BCUT2D eigenvalue weighted by Crippen LogP contribution is -2.23. The molecule has 0 atom stereocenters. The van der Waals surface area contributed by atoms with Crippen molar-refractivity contribution in [2.45, 2.75) is 10.7 Å². The van der Waals surface area contributed by atoms with E-state index < -0.39 is 16.6 Å². The number of thioether (sulfide) groups is 1. The number of rotatable bonds is 7. The number of amides is 1. The Bertz CT molecular complexity index is 1310. The lowest BCUT2D eigenvalue weighted by molar-refractivity contribution is -0.385. The second kappa shape index (κ2) is 9.88. The minimum atomic E-state index is -2.55. The highest BCUT2D eigenvalue weighted by atomic mass is 32.2. The molecule has 0 aliphatic carbocycles. The van der Waals surface area contributed by atoms with E-state index >= 15 is 0 Å². The minimum absolute atomic E-state index is 0.124. The number of fused-ring (bicyclic) bond motifs is 1. The SMILES string of the molecule is O=C(/C=C/c1ccccc1[N+](=O)[O-])N(c1ccc(SC(F)F)cc1)c1nc2ccccc2s1. The number of nitrogens with zero attached hydrogens (tertiary/aromatic N) is 3. The normalized spacial score (nSPS) is 11.4. The van der Waals surface area contributed by atoms with E-state index in [2.05, 4.69) is 4.98 Å². The quantitative estimate of drug-likeness (QED) is 0.124. The highest BCUT2D eigenvalue weighted by Crippen LogP contribution is 2.35. The number of nitro groups is 1. The van der Waals surface area contributed by atoms with Gasteiger partial charge < -0.3 is 0 Å². The Kier molecular flexibility index (Phi) is 6.76. The van der Waals surface area contributed by atoms with Gasteiger partial charge in [-0.1, -0.05) is 47.4 Å². The summed E-state index contributed by atoms with van der Waals surface area (Å²) in [6.07, 6.45) is 2.61. The average molecular weight is 484 g/mol. The van der Waals surface area contributed by atoms with E-state index in [4.69, 9.17) is 0 Å². The Morgan fingerprint density at radius 1 is 1.06 bits per heavy atom. The van der Waals surface area contributed by atoms with Crippen molar-refractivity contribution >= 4 is 61.8 Å². The smallest absolute Gasteiger partial charge is 0.269 e. The van der Waals surface area contributed by atoms with Crippen molar-refractivity contribution in [3.8, 4) is 0 Å². The largest absolute Gasteiger partial charge is 0.288 e. The molecule has 0 unspecified atom stereocenters. The molecule has 0 spiro atoms. The van der Waals surface area contributed by atoms with E-state index in [1.165, 1.54) is 46.6 Å². The Morgan fingerprint density at radius 2 is 1.76 bits per heavy atom. The van der Waals surface area contributed by atoms with Crippen molar-refractivity contribution < 1.29 is 18.5 Å². The van der Waals surface area contributed by atoms with E-state index in [1.54, 1.807) is 30.3 Å². The number of para-hydroxylation sites is 2. The summed E-state index contributed by atoms with van der Waals surface area (Å²) in [4.78, 5) is 30.2. The van der Waals surface area contributed by atoms with Crippen molar-refractivity contribution in [1.82, 2.24) is 4.98 Å². The molecule has 0 saturated carbocycles. The first kappa shape index (κ1) is 22.6. The third kappa shape index (κ3) is 5.24. The van der Waals surface area contributed by atoms with E-state index in [0.29, 0.717) is 33.0 Å². The van der Waals surface area contributed by atoms with E-state index in [-0.39, 0.29) is 11.3 Å². The topological polar surface area (TPSA) is 76.3 Å². The fraction of sp³-hybridized carbons (Fsp3) is 0.0435. The average Bonchev–Trinajstić information content (AvgIpc) is 3.22. The summed E-state index contributed by atoms with van der Waals surface area (Å²) in [6, 6.07) is 19.6. The summed E-state index contributed by atoms with van der Waals surface area (Å²) in [5, 5.41) is 11.7. The van der Waals surface area contributed by atoms with Crippen molar-refractivity contribution in [3.63, 3.8) is 0 Å². The molecule has 4 aromatic rings. The maximum absolute atomic E-state index is 13.2. The molecular weight excluding hydrogens is 468 g/mol. The summed E-state index contributed by atoms with van der Waals surface area (Å²) < 4.78 is 26.2. The predicted octanol–water partition coefficient (Wildman–Crippen LogP) is 6.90. The van der Waals surface area contributed by atoms with Crippen LogP contribution in [0.4, 0.5) is 25.3 Å². The number of thiazole rings is 1. The standard InChI is InChI=1S/C23H15F2N3O3S2/c24-22(25)32-17-12-10-16(11-13-17)27(23-26-18-6-2-4-8-20(18)33-23)21(29)14-9-15-5-1-3-7-19(15)28(30)31/h1-14,22H/b14-9+.